The summed E-state index contributed by atoms with van der Waals surface area (Å²) < 4.78 is 12.7. The Morgan fingerprint density at radius 3 is 2.30 bits per heavy atom. The van der Waals surface area contributed by atoms with Crippen molar-refractivity contribution < 1.29 is 4.39 Å². The third-order valence-corrected chi connectivity index (χ3v) is 5.95. The summed E-state index contributed by atoms with van der Waals surface area (Å²) in [7, 11) is 0. The second-order valence-corrected chi connectivity index (χ2v) is 7.93. The van der Waals surface area contributed by atoms with Gasteiger partial charge in [0.25, 0.3) is 0 Å². The van der Waals surface area contributed by atoms with E-state index in [4.69, 9.17) is 5.26 Å². The minimum atomic E-state index is -0.718. The Bertz CT molecular complexity index is 627. The summed E-state index contributed by atoms with van der Waals surface area (Å²) >= 11 is 0. The first kappa shape index (κ1) is 21.4. The van der Waals surface area contributed by atoms with Gasteiger partial charge >= 0.3 is 0 Å². The van der Waals surface area contributed by atoms with Crippen LogP contribution >= 0.6 is 0 Å². The van der Waals surface area contributed by atoms with Crippen LogP contribution in [0.25, 0.3) is 0 Å². The fourth-order valence-electron chi connectivity index (χ4n) is 4.13. The number of unbranched alkanes of at least 4 members (excludes halogenated alkanes) is 1. The van der Waals surface area contributed by atoms with Gasteiger partial charge in [-0.05, 0) is 61.1 Å². The van der Waals surface area contributed by atoms with Gasteiger partial charge < -0.3 is 0 Å². The fourth-order valence-corrected chi connectivity index (χ4v) is 4.13. The van der Waals surface area contributed by atoms with E-state index in [9.17, 15) is 4.39 Å². The lowest BCUT2D eigenvalue weighted by Crippen LogP contribution is -2.14. The van der Waals surface area contributed by atoms with Crippen molar-refractivity contribution in [3.63, 3.8) is 0 Å². The number of allylic oxidation sites excluding steroid dienone is 4. The molecule has 2 heteroatoms. The van der Waals surface area contributed by atoms with Gasteiger partial charge in [0, 0.05) is 0 Å². The van der Waals surface area contributed by atoms with Gasteiger partial charge in [0.2, 0.25) is 0 Å². The molecule has 0 unspecified atom stereocenters. The molecule has 0 heterocycles. The van der Waals surface area contributed by atoms with E-state index in [1.165, 1.54) is 81.1 Å². The SMILES string of the molecule is CCc1ccc(CCCCC2CCC(CCC=CC=C(F)C#N)CC2)cc1. The predicted molar refractivity (Wildman–Crippen MR) is 112 cm³/mol. The molecule has 0 aliphatic heterocycles. The van der Waals surface area contributed by atoms with E-state index in [0.717, 1.165) is 24.7 Å². The summed E-state index contributed by atoms with van der Waals surface area (Å²) in [6.07, 6.45) is 18.9. The molecular formula is C25H34FN. The van der Waals surface area contributed by atoms with Crippen molar-refractivity contribution in [3.8, 4) is 6.07 Å². The van der Waals surface area contributed by atoms with Crippen molar-refractivity contribution >= 4 is 0 Å². The molecule has 1 aliphatic rings. The Morgan fingerprint density at radius 1 is 1.04 bits per heavy atom. The highest BCUT2D eigenvalue weighted by molar-refractivity contribution is 5.22. The first-order valence-electron chi connectivity index (χ1n) is 10.7. The maximum atomic E-state index is 12.7. The van der Waals surface area contributed by atoms with Crippen molar-refractivity contribution in [2.75, 3.05) is 0 Å². The summed E-state index contributed by atoms with van der Waals surface area (Å²) in [5.74, 6) is 1.03. The molecular weight excluding hydrogens is 333 g/mol. The number of nitriles is 1. The highest BCUT2D eigenvalue weighted by Crippen LogP contribution is 2.34. The third kappa shape index (κ3) is 8.57. The van der Waals surface area contributed by atoms with Crippen LogP contribution in [0.5, 0.6) is 0 Å². The zero-order valence-corrected chi connectivity index (χ0v) is 16.8. The van der Waals surface area contributed by atoms with Crippen molar-refractivity contribution in [2.45, 2.75) is 77.6 Å². The molecule has 146 valence electrons. The molecule has 0 bridgehead atoms. The van der Waals surface area contributed by atoms with Crippen LogP contribution in [0, 0.1) is 23.2 Å². The molecule has 0 atom stereocenters. The molecule has 0 saturated heterocycles. The van der Waals surface area contributed by atoms with Gasteiger partial charge in [-0.3, -0.25) is 0 Å². The number of hydrogen-bond acceptors (Lipinski definition) is 1. The molecule has 1 aromatic rings. The Morgan fingerprint density at radius 2 is 1.67 bits per heavy atom. The number of nitrogens with zero attached hydrogens (tertiary/aromatic N) is 1. The summed E-state index contributed by atoms with van der Waals surface area (Å²) in [5, 5.41) is 8.35. The van der Waals surface area contributed by atoms with Crippen molar-refractivity contribution in [2.24, 2.45) is 11.8 Å². The lowest BCUT2D eigenvalue weighted by Gasteiger charge is -2.28. The average molecular weight is 368 g/mol. The zero-order valence-electron chi connectivity index (χ0n) is 16.8. The number of aryl methyl sites for hydroxylation is 2. The zero-order chi connectivity index (χ0) is 19.3. The number of hydrogen-bond donors (Lipinski definition) is 0. The van der Waals surface area contributed by atoms with Gasteiger partial charge in [0.15, 0.2) is 5.83 Å². The molecule has 1 fully saturated rings. The maximum Gasteiger partial charge on any atom is 0.199 e. The largest absolute Gasteiger partial charge is 0.199 e. The molecule has 0 radical (unpaired) electrons. The molecule has 0 N–H and O–H groups in total. The molecule has 0 aromatic heterocycles. The maximum absolute atomic E-state index is 12.7. The number of benzene rings is 1. The minimum Gasteiger partial charge on any atom is -0.195 e. The van der Waals surface area contributed by atoms with Crippen LogP contribution in [-0.2, 0) is 12.8 Å². The monoisotopic (exact) mass is 367 g/mol. The second-order valence-electron chi connectivity index (χ2n) is 7.93. The van der Waals surface area contributed by atoms with Crippen molar-refractivity contribution in [1.29, 1.82) is 5.26 Å². The van der Waals surface area contributed by atoms with Crippen LogP contribution in [0.3, 0.4) is 0 Å². The molecule has 2 rings (SSSR count). The molecule has 0 amide bonds. The fraction of sp³-hybridized carbons (Fsp3) is 0.560. The number of halogens is 1. The van der Waals surface area contributed by atoms with Gasteiger partial charge in [-0.15, -0.1) is 0 Å². The van der Waals surface area contributed by atoms with Gasteiger partial charge in [0.05, 0.1) is 0 Å². The average Bonchev–Trinajstić information content (AvgIpc) is 2.72. The van der Waals surface area contributed by atoms with E-state index in [1.54, 1.807) is 6.08 Å². The van der Waals surface area contributed by atoms with Crippen LogP contribution in [0.2, 0.25) is 0 Å². The Balaban J connectivity index is 1.53. The van der Waals surface area contributed by atoms with E-state index in [2.05, 4.69) is 31.2 Å². The topological polar surface area (TPSA) is 23.8 Å². The summed E-state index contributed by atoms with van der Waals surface area (Å²) in [6.45, 7) is 2.20. The lowest BCUT2D eigenvalue weighted by molar-refractivity contribution is 0.250. The molecule has 1 aromatic carbocycles. The summed E-state index contributed by atoms with van der Waals surface area (Å²) in [4.78, 5) is 0. The molecule has 1 nitrogen and oxygen atoms in total. The molecule has 0 spiro atoms. The van der Waals surface area contributed by atoms with Crippen molar-refractivity contribution in [1.82, 2.24) is 0 Å². The predicted octanol–water partition coefficient (Wildman–Crippen LogP) is 7.48. The van der Waals surface area contributed by atoms with Gasteiger partial charge in [-0.25, -0.2) is 0 Å². The van der Waals surface area contributed by atoms with Crippen LogP contribution in [-0.4, -0.2) is 0 Å². The number of rotatable bonds is 10. The van der Waals surface area contributed by atoms with E-state index < -0.39 is 5.83 Å². The summed E-state index contributed by atoms with van der Waals surface area (Å²) in [5.41, 5.74) is 2.91. The van der Waals surface area contributed by atoms with E-state index in [-0.39, 0.29) is 0 Å². The third-order valence-electron chi connectivity index (χ3n) is 5.95. The van der Waals surface area contributed by atoms with E-state index in [0.29, 0.717) is 0 Å². The molecule has 27 heavy (non-hydrogen) atoms. The second kappa shape index (κ2) is 12.5. The van der Waals surface area contributed by atoms with E-state index >= 15 is 0 Å². The standard InChI is InChI=1S/C25H34FN/c1-2-21-12-14-23(15-13-21)9-6-7-10-24-18-16-22(17-19-24)8-4-3-5-11-25(26)20-27/h3,5,11-15,22,24H,2,4,6-10,16-19H2,1H3. The van der Waals surface area contributed by atoms with Gasteiger partial charge in [-0.2, -0.15) is 9.65 Å². The Kier molecular flexibility index (Phi) is 9.91. The van der Waals surface area contributed by atoms with Crippen LogP contribution in [0.4, 0.5) is 4.39 Å². The first-order valence-corrected chi connectivity index (χ1v) is 10.7. The quantitative estimate of drug-likeness (QED) is 0.239. The molecule has 1 saturated carbocycles. The highest BCUT2D eigenvalue weighted by atomic mass is 19.1. The van der Waals surface area contributed by atoms with E-state index in [1.807, 2.05) is 6.08 Å². The van der Waals surface area contributed by atoms with Crippen LogP contribution in [0.1, 0.15) is 75.8 Å². The first-order chi connectivity index (χ1) is 13.2. The Labute approximate surface area is 165 Å². The Hall–Kier alpha value is -1.88. The van der Waals surface area contributed by atoms with Crippen LogP contribution in [0.15, 0.2) is 48.3 Å². The lowest BCUT2D eigenvalue weighted by atomic mass is 9.78. The van der Waals surface area contributed by atoms with Gasteiger partial charge in [0.1, 0.15) is 6.07 Å². The minimum absolute atomic E-state index is 0.718. The highest BCUT2D eigenvalue weighted by Gasteiger charge is 2.20. The van der Waals surface area contributed by atoms with Gasteiger partial charge in [-0.1, -0.05) is 81.9 Å². The normalized spacial score (nSPS) is 20.7. The van der Waals surface area contributed by atoms with Crippen molar-refractivity contribution in [3.05, 3.63) is 59.4 Å². The van der Waals surface area contributed by atoms with Crippen LogP contribution < -0.4 is 0 Å². The molecule has 1 aliphatic carbocycles. The summed E-state index contributed by atoms with van der Waals surface area (Å²) in [6, 6.07) is 10.6. The smallest absolute Gasteiger partial charge is 0.195 e.